The summed E-state index contributed by atoms with van der Waals surface area (Å²) in [7, 11) is 1.85. The first-order chi connectivity index (χ1) is 12.3. The third-order valence-corrected chi connectivity index (χ3v) is 5.20. The van der Waals surface area contributed by atoms with Gasteiger partial charge in [-0.15, -0.1) is 5.10 Å². The Labute approximate surface area is 160 Å². The molecule has 2 heterocycles. The Morgan fingerprint density at radius 3 is 2.62 bits per heavy atom. The van der Waals surface area contributed by atoms with Crippen molar-refractivity contribution in [1.29, 1.82) is 0 Å². The smallest absolute Gasteiger partial charge is 0.237 e. The van der Waals surface area contributed by atoms with E-state index >= 15 is 0 Å². The van der Waals surface area contributed by atoms with Crippen molar-refractivity contribution in [3.63, 3.8) is 0 Å². The molecule has 3 aromatic rings. The van der Waals surface area contributed by atoms with Crippen LogP contribution in [0.4, 0.5) is 5.69 Å². The Bertz CT molecular complexity index is 933. The number of H-pyrrole nitrogens is 1. The molecule has 7 nitrogen and oxygen atoms in total. The quantitative estimate of drug-likeness (QED) is 0.650. The molecule has 0 spiro atoms. The maximum absolute atomic E-state index is 12.5. The molecular weight excluding hydrogens is 372 g/mol. The lowest BCUT2D eigenvalue weighted by molar-refractivity contribution is -0.115. The third-order valence-electron chi connectivity index (χ3n) is 3.99. The number of nitrogens with zero attached hydrogens (tertiary/aromatic N) is 4. The van der Waals surface area contributed by atoms with Crippen LogP contribution in [0, 0.1) is 13.8 Å². The predicted octanol–water partition coefficient (Wildman–Crippen LogP) is 3.59. The van der Waals surface area contributed by atoms with E-state index in [0.717, 1.165) is 22.6 Å². The molecule has 0 aliphatic carbocycles. The van der Waals surface area contributed by atoms with E-state index in [9.17, 15) is 4.79 Å². The van der Waals surface area contributed by atoms with Gasteiger partial charge in [0.1, 0.15) is 0 Å². The van der Waals surface area contributed by atoms with E-state index in [1.165, 1.54) is 11.8 Å². The van der Waals surface area contributed by atoms with Crippen LogP contribution in [-0.4, -0.2) is 36.1 Å². The highest BCUT2D eigenvalue weighted by Gasteiger charge is 2.20. The van der Waals surface area contributed by atoms with Crippen LogP contribution in [0.2, 0.25) is 5.02 Å². The van der Waals surface area contributed by atoms with Crippen LogP contribution in [0.15, 0.2) is 29.4 Å². The fourth-order valence-electron chi connectivity index (χ4n) is 2.43. The van der Waals surface area contributed by atoms with Crippen LogP contribution in [0.3, 0.4) is 0 Å². The Balaban J connectivity index is 1.67. The highest BCUT2D eigenvalue weighted by molar-refractivity contribution is 8.00. The minimum absolute atomic E-state index is 0.118. The minimum atomic E-state index is -0.358. The van der Waals surface area contributed by atoms with Crippen LogP contribution < -0.4 is 5.32 Å². The van der Waals surface area contributed by atoms with Gasteiger partial charge in [0.15, 0.2) is 5.82 Å². The van der Waals surface area contributed by atoms with Crippen LogP contribution in [0.5, 0.6) is 0 Å². The number of anilines is 1. The van der Waals surface area contributed by atoms with Crippen molar-refractivity contribution in [2.75, 3.05) is 5.32 Å². The Hall–Kier alpha value is -2.32. The topological polar surface area (TPSA) is 88.5 Å². The SMILES string of the molecule is Cc1nn(C)c(C)c1NC(=O)C(C)Sc1n[nH]c(-c2ccc(Cl)cc2)n1. The maximum Gasteiger partial charge on any atom is 0.237 e. The Morgan fingerprint density at radius 1 is 1.31 bits per heavy atom. The molecular formula is C17H19ClN6OS. The fraction of sp³-hybridized carbons (Fsp3) is 0.294. The van der Waals surface area contributed by atoms with Crippen LogP contribution in [0.25, 0.3) is 11.4 Å². The molecule has 1 amide bonds. The second-order valence-electron chi connectivity index (χ2n) is 5.89. The summed E-state index contributed by atoms with van der Waals surface area (Å²) < 4.78 is 1.75. The molecule has 1 atom stereocenters. The average molecular weight is 391 g/mol. The molecule has 3 rings (SSSR count). The summed E-state index contributed by atoms with van der Waals surface area (Å²) in [5, 5.41) is 15.1. The lowest BCUT2D eigenvalue weighted by Gasteiger charge is -2.10. The van der Waals surface area contributed by atoms with Crippen molar-refractivity contribution in [3.8, 4) is 11.4 Å². The summed E-state index contributed by atoms with van der Waals surface area (Å²) in [6.45, 7) is 5.61. The first-order valence-electron chi connectivity index (χ1n) is 8.01. The largest absolute Gasteiger partial charge is 0.322 e. The molecule has 0 fully saturated rings. The number of nitrogens with one attached hydrogen (secondary N) is 2. The van der Waals surface area contributed by atoms with E-state index in [2.05, 4.69) is 25.6 Å². The van der Waals surface area contributed by atoms with Gasteiger partial charge in [-0.25, -0.2) is 4.98 Å². The molecule has 0 radical (unpaired) electrons. The number of carbonyl (C=O) groups is 1. The zero-order valence-corrected chi connectivity index (χ0v) is 16.4. The molecule has 2 aromatic heterocycles. The number of amides is 1. The minimum Gasteiger partial charge on any atom is -0.322 e. The lowest BCUT2D eigenvalue weighted by Crippen LogP contribution is -2.23. The number of halogens is 1. The van der Waals surface area contributed by atoms with Gasteiger partial charge in [-0.2, -0.15) is 5.10 Å². The van der Waals surface area contributed by atoms with Crippen LogP contribution in [-0.2, 0) is 11.8 Å². The number of thioether (sulfide) groups is 1. The fourth-order valence-corrected chi connectivity index (χ4v) is 3.28. The summed E-state index contributed by atoms with van der Waals surface area (Å²) in [4.78, 5) is 16.9. The highest BCUT2D eigenvalue weighted by atomic mass is 35.5. The zero-order chi connectivity index (χ0) is 18.8. The lowest BCUT2D eigenvalue weighted by atomic mass is 10.2. The molecule has 0 saturated carbocycles. The first-order valence-corrected chi connectivity index (χ1v) is 9.27. The molecule has 0 bridgehead atoms. The number of hydrogen-bond donors (Lipinski definition) is 2. The molecule has 0 aliphatic rings. The Kier molecular flexibility index (Phi) is 5.33. The standard InChI is InChI=1S/C17H19ClN6OS/c1-9-14(10(2)24(4)23-9)19-16(25)11(3)26-17-20-15(21-22-17)12-5-7-13(18)8-6-12/h5-8,11H,1-4H3,(H,19,25)(H,20,21,22). The molecule has 0 saturated heterocycles. The van der Waals surface area contributed by atoms with Crippen LogP contribution >= 0.6 is 23.4 Å². The van der Waals surface area contributed by atoms with E-state index in [1.54, 1.807) is 16.8 Å². The monoisotopic (exact) mass is 390 g/mol. The summed E-state index contributed by atoms with van der Waals surface area (Å²) >= 11 is 7.19. The van der Waals surface area contributed by atoms with E-state index in [4.69, 9.17) is 11.6 Å². The number of aromatic nitrogens is 5. The molecule has 1 aromatic carbocycles. The molecule has 1 unspecified atom stereocenters. The van der Waals surface area contributed by atoms with E-state index < -0.39 is 0 Å². The average Bonchev–Trinajstić information content (AvgIpc) is 3.15. The number of rotatable bonds is 5. The van der Waals surface area contributed by atoms with Crippen molar-refractivity contribution in [3.05, 3.63) is 40.7 Å². The molecule has 0 aliphatic heterocycles. The number of hydrogen-bond acceptors (Lipinski definition) is 5. The summed E-state index contributed by atoms with van der Waals surface area (Å²) in [5.74, 6) is 0.516. The maximum atomic E-state index is 12.5. The van der Waals surface area contributed by atoms with E-state index in [1.807, 2.05) is 40.0 Å². The van der Waals surface area contributed by atoms with Gasteiger partial charge >= 0.3 is 0 Å². The summed E-state index contributed by atoms with van der Waals surface area (Å²) in [6.07, 6.45) is 0. The molecule has 26 heavy (non-hydrogen) atoms. The number of benzene rings is 1. The van der Waals surface area contributed by atoms with Gasteiger partial charge < -0.3 is 5.32 Å². The van der Waals surface area contributed by atoms with Crippen molar-refractivity contribution in [2.45, 2.75) is 31.2 Å². The van der Waals surface area contributed by atoms with Crippen LogP contribution in [0.1, 0.15) is 18.3 Å². The number of aryl methyl sites for hydroxylation is 2. The second kappa shape index (κ2) is 7.51. The second-order valence-corrected chi connectivity index (χ2v) is 7.64. The molecule has 2 N–H and O–H groups in total. The summed E-state index contributed by atoms with van der Waals surface area (Å²) in [5.41, 5.74) is 3.34. The Morgan fingerprint density at radius 2 is 2.00 bits per heavy atom. The van der Waals surface area contributed by atoms with Crippen molar-refractivity contribution < 1.29 is 4.79 Å². The van der Waals surface area contributed by atoms with E-state index in [-0.39, 0.29) is 11.2 Å². The van der Waals surface area contributed by atoms with Gasteiger partial charge in [0.25, 0.3) is 0 Å². The summed E-state index contributed by atoms with van der Waals surface area (Å²) in [6, 6.07) is 7.31. The number of carbonyl (C=O) groups excluding carboxylic acids is 1. The third kappa shape index (κ3) is 3.91. The van der Waals surface area contributed by atoms with Gasteiger partial charge in [-0.05, 0) is 45.0 Å². The van der Waals surface area contributed by atoms with E-state index in [0.29, 0.717) is 16.0 Å². The predicted molar refractivity (Wildman–Crippen MR) is 103 cm³/mol. The normalized spacial score (nSPS) is 12.2. The van der Waals surface area contributed by atoms with Crippen molar-refractivity contribution >= 4 is 35.0 Å². The van der Waals surface area contributed by atoms with Gasteiger partial charge in [-0.1, -0.05) is 23.4 Å². The van der Waals surface area contributed by atoms with Crippen molar-refractivity contribution in [2.24, 2.45) is 7.05 Å². The van der Waals surface area contributed by atoms with Gasteiger partial charge in [0.05, 0.1) is 22.3 Å². The van der Waals surface area contributed by atoms with Gasteiger partial charge in [0, 0.05) is 17.6 Å². The van der Waals surface area contributed by atoms with Crippen molar-refractivity contribution in [1.82, 2.24) is 25.0 Å². The zero-order valence-electron chi connectivity index (χ0n) is 14.9. The molecule has 136 valence electrons. The van der Waals surface area contributed by atoms with Gasteiger partial charge in [0.2, 0.25) is 11.1 Å². The van der Waals surface area contributed by atoms with Gasteiger partial charge in [-0.3, -0.25) is 14.6 Å². The first kappa shape index (κ1) is 18.5. The molecule has 9 heteroatoms. The number of aromatic amines is 1. The highest BCUT2D eigenvalue weighted by Crippen LogP contribution is 2.25.